The average molecular weight is 282 g/mol. The summed E-state index contributed by atoms with van der Waals surface area (Å²) >= 11 is 7.42. The van der Waals surface area contributed by atoms with Crippen LogP contribution in [0.2, 0.25) is 4.34 Å². The van der Waals surface area contributed by atoms with Crippen molar-refractivity contribution in [3.05, 3.63) is 15.5 Å². The number of hydrogen-bond acceptors (Lipinski definition) is 4. The second-order valence-corrected chi connectivity index (χ2v) is 5.76. The lowest BCUT2D eigenvalue weighted by molar-refractivity contribution is 0.180. The topological polar surface area (TPSA) is 42.1 Å². The molecule has 1 aromatic heterocycles. The number of piperidine rings is 1. The second kappa shape index (κ2) is 6.77. The van der Waals surface area contributed by atoms with Gasteiger partial charge in [-0.15, -0.1) is 23.7 Å². The third kappa shape index (κ3) is 3.86. The number of rotatable bonds is 3. The minimum atomic E-state index is 0. The summed E-state index contributed by atoms with van der Waals surface area (Å²) in [6.07, 6.45) is 4.17. The minimum absolute atomic E-state index is 0. The smallest absolute Gasteiger partial charge is 0.113 e. The number of nitrogens with two attached hydrogens (primary N) is 1. The highest BCUT2D eigenvalue weighted by Gasteiger charge is 2.18. The summed E-state index contributed by atoms with van der Waals surface area (Å²) in [6, 6.07) is 0. The maximum atomic E-state index is 5.84. The van der Waals surface area contributed by atoms with E-state index in [1.165, 1.54) is 12.8 Å². The van der Waals surface area contributed by atoms with Crippen molar-refractivity contribution in [2.24, 2.45) is 11.7 Å². The normalized spacial score (nSPS) is 18.4. The lowest BCUT2D eigenvalue weighted by atomic mass is 9.97. The largest absolute Gasteiger partial charge is 0.330 e. The summed E-state index contributed by atoms with van der Waals surface area (Å²) in [5.41, 5.74) is 5.66. The van der Waals surface area contributed by atoms with Crippen molar-refractivity contribution in [2.45, 2.75) is 19.4 Å². The van der Waals surface area contributed by atoms with Crippen LogP contribution in [0, 0.1) is 5.92 Å². The second-order valence-electron chi connectivity index (χ2n) is 4.01. The van der Waals surface area contributed by atoms with Crippen LogP contribution in [0.3, 0.4) is 0 Å². The highest BCUT2D eigenvalue weighted by atomic mass is 35.5. The Labute approximate surface area is 111 Å². The van der Waals surface area contributed by atoms with Gasteiger partial charge in [-0.25, -0.2) is 4.98 Å². The first-order valence-corrected chi connectivity index (χ1v) is 6.50. The predicted octanol–water partition coefficient (Wildman–Crippen LogP) is 2.39. The molecule has 0 amide bonds. The maximum Gasteiger partial charge on any atom is 0.113 e. The first-order valence-electron chi connectivity index (χ1n) is 5.30. The molecule has 2 N–H and O–H groups in total. The average Bonchev–Trinajstić information content (AvgIpc) is 2.65. The molecule has 6 heteroatoms. The number of thiazole rings is 1. The van der Waals surface area contributed by atoms with Crippen LogP contribution < -0.4 is 5.73 Å². The molecule has 0 aromatic carbocycles. The van der Waals surface area contributed by atoms with Gasteiger partial charge in [0.15, 0.2) is 0 Å². The highest BCUT2D eigenvalue weighted by Crippen LogP contribution is 2.22. The van der Waals surface area contributed by atoms with Crippen molar-refractivity contribution in [1.82, 2.24) is 9.88 Å². The summed E-state index contributed by atoms with van der Waals surface area (Å²) in [4.78, 5) is 6.70. The molecule has 0 spiro atoms. The van der Waals surface area contributed by atoms with Gasteiger partial charge in [-0.05, 0) is 38.4 Å². The zero-order chi connectivity index (χ0) is 10.7. The van der Waals surface area contributed by atoms with Gasteiger partial charge in [0.1, 0.15) is 9.34 Å². The van der Waals surface area contributed by atoms with Crippen LogP contribution >= 0.6 is 35.3 Å². The Morgan fingerprint density at radius 1 is 1.50 bits per heavy atom. The van der Waals surface area contributed by atoms with E-state index in [1.54, 1.807) is 17.5 Å². The third-order valence-electron chi connectivity index (χ3n) is 2.92. The monoisotopic (exact) mass is 281 g/mol. The predicted molar refractivity (Wildman–Crippen MR) is 71.4 cm³/mol. The maximum absolute atomic E-state index is 5.84. The molecule has 3 nitrogen and oxygen atoms in total. The standard InChI is InChI=1S/C10H16ClN3S.ClH/c11-9-6-13-10(15-9)7-14-3-1-8(5-12)2-4-14;/h6,8H,1-5,7,12H2;1H. The molecule has 1 saturated heterocycles. The van der Waals surface area contributed by atoms with Gasteiger partial charge in [0.2, 0.25) is 0 Å². The summed E-state index contributed by atoms with van der Waals surface area (Å²) in [6.45, 7) is 4.05. The molecule has 2 heterocycles. The van der Waals surface area contributed by atoms with Gasteiger partial charge >= 0.3 is 0 Å². The zero-order valence-corrected chi connectivity index (χ0v) is 11.5. The SMILES string of the molecule is Cl.NCC1CCN(Cc2ncc(Cl)s2)CC1. The van der Waals surface area contributed by atoms with Crippen LogP contribution in [0.15, 0.2) is 6.20 Å². The summed E-state index contributed by atoms with van der Waals surface area (Å²) in [5, 5.41) is 1.12. The molecule has 2 rings (SSSR count). The van der Waals surface area contributed by atoms with Crippen molar-refractivity contribution >= 4 is 35.3 Å². The Morgan fingerprint density at radius 2 is 2.19 bits per heavy atom. The number of nitrogens with zero attached hydrogens (tertiary/aromatic N) is 2. The van der Waals surface area contributed by atoms with Crippen molar-refractivity contribution in [3.63, 3.8) is 0 Å². The van der Waals surface area contributed by atoms with E-state index in [9.17, 15) is 0 Å². The molecule has 0 bridgehead atoms. The Balaban J connectivity index is 0.00000128. The highest BCUT2D eigenvalue weighted by molar-refractivity contribution is 7.15. The Hall–Kier alpha value is 0.130. The van der Waals surface area contributed by atoms with E-state index >= 15 is 0 Å². The number of halogens is 2. The van der Waals surface area contributed by atoms with Crippen molar-refractivity contribution < 1.29 is 0 Å². The van der Waals surface area contributed by atoms with Gasteiger partial charge in [0, 0.05) is 0 Å². The van der Waals surface area contributed by atoms with Crippen LogP contribution in [-0.2, 0) is 6.54 Å². The van der Waals surface area contributed by atoms with Crippen LogP contribution in [0.1, 0.15) is 17.8 Å². The van der Waals surface area contributed by atoms with E-state index in [2.05, 4.69) is 9.88 Å². The minimum Gasteiger partial charge on any atom is -0.330 e. The molecule has 1 aliphatic heterocycles. The molecule has 92 valence electrons. The van der Waals surface area contributed by atoms with E-state index in [0.29, 0.717) is 0 Å². The van der Waals surface area contributed by atoms with Crippen LogP contribution in [-0.4, -0.2) is 29.5 Å². The molecule has 16 heavy (non-hydrogen) atoms. The lowest BCUT2D eigenvalue weighted by Gasteiger charge is -2.30. The van der Waals surface area contributed by atoms with Gasteiger partial charge < -0.3 is 5.73 Å². The molecule has 1 fully saturated rings. The van der Waals surface area contributed by atoms with Gasteiger partial charge in [-0.2, -0.15) is 0 Å². The van der Waals surface area contributed by atoms with E-state index in [0.717, 1.165) is 41.4 Å². The fourth-order valence-corrected chi connectivity index (χ4v) is 2.93. The zero-order valence-electron chi connectivity index (χ0n) is 9.06. The third-order valence-corrected chi connectivity index (χ3v) is 4.02. The summed E-state index contributed by atoms with van der Waals surface area (Å²) in [7, 11) is 0. The Bertz CT molecular complexity index is 311. The molecular weight excluding hydrogens is 265 g/mol. The first kappa shape index (κ1) is 14.2. The molecule has 0 aliphatic carbocycles. The number of hydrogen-bond donors (Lipinski definition) is 1. The van der Waals surface area contributed by atoms with E-state index in [4.69, 9.17) is 17.3 Å². The van der Waals surface area contributed by atoms with E-state index in [1.807, 2.05) is 0 Å². The molecule has 0 radical (unpaired) electrons. The molecule has 1 aliphatic rings. The lowest BCUT2D eigenvalue weighted by Crippen LogP contribution is -2.35. The molecule has 0 unspecified atom stereocenters. The van der Waals surface area contributed by atoms with E-state index < -0.39 is 0 Å². The first-order chi connectivity index (χ1) is 7.28. The van der Waals surface area contributed by atoms with Gasteiger partial charge in [-0.1, -0.05) is 11.6 Å². The summed E-state index contributed by atoms with van der Waals surface area (Å²) < 4.78 is 0.779. The fourth-order valence-electron chi connectivity index (χ4n) is 1.93. The van der Waals surface area contributed by atoms with Crippen molar-refractivity contribution in [2.75, 3.05) is 19.6 Å². The Kier molecular flexibility index (Phi) is 6.00. The molecule has 1 aromatic rings. The van der Waals surface area contributed by atoms with Crippen LogP contribution in [0.25, 0.3) is 0 Å². The quantitative estimate of drug-likeness (QED) is 0.925. The summed E-state index contributed by atoms with van der Waals surface area (Å²) in [5.74, 6) is 0.723. The number of aromatic nitrogens is 1. The van der Waals surface area contributed by atoms with Crippen molar-refractivity contribution in [3.8, 4) is 0 Å². The fraction of sp³-hybridized carbons (Fsp3) is 0.700. The molecular formula is C10H17Cl2N3S. The van der Waals surface area contributed by atoms with Gasteiger partial charge in [0.25, 0.3) is 0 Å². The van der Waals surface area contributed by atoms with Gasteiger partial charge in [0.05, 0.1) is 12.7 Å². The van der Waals surface area contributed by atoms with Crippen LogP contribution in [0.4, 0.5) is 0 Å². The van der Waals surface area contributed by atoms with Crippen LogP contribution in [0.5, 0.6) is 0 Å². The van der Waals surface area contributed by atoms with E-state index in [-0.39, 0.29) is 12.4 Å². The number of likely N-dealkylation sites (tertiary alicyclic amines) is 1. The molecule has 0 saturated carbocycles. The van der Waals surface area contributed by atoms with Gasteiger partial charge in [-0.3, -0.25) is 4.90 Å². The Morgan fingerprint density at radius 3 is 2.69 bits per heavy atom. The molecule has 0 atom stereocenters. The van der Waals surface area contributed by atoms with Crippen molar-refractivity contribution in [1.29, 1.82) is 0 Å².